The van der Waals surface area contributed by atoms with E-state index < -0.39 is 17.5 Å². The number of nitrogens with two attached hydrogens (primary N) is 1. The highest BCUT2D eigenvalue weighted by molar-refractivity contribution is 7.13. The minimum absolute atomic E-state index is 0.00566. The highest BCUT2D eigenvalue weighted by Crippen LogP contribution is 2.27. The zero-order chi connectivity index (χ0) is 22.1. The van der Waals surface area contributed by atoms with E-state index in [0.29, 0.717) is 6.54 Å². The monoisotopic (exact) mass is 428 g/mol. The molecule has 0 saturated carbocycles. The first kappa shape index (κ1) is 22.0. The van der Waals surface area contributed by atoms with Crippen LogP contribution in [0, 0.1) is 12.3 Å². The molecule has 30 heavy (non-hydrogen) atoms. The lowest BCUT2D eigenvalue weighted by molar-refractivity contribution is -0.140. The summed E-state index contributed by atoms with van der Waals surface area (Å²) >= 11 is 1.59. The third-order valence-corrected chi connectivity index (χ3v) is 6.18. The lowest BCUT2D eigenvalue weighted by atomic mass is 9.86. The van der Waals surface area contributed by atoms with Crippen LogP contribution in [0.4, 0.5) is 0 Å². The fourth-order valence-electron chi connectivity index (χ4n) is 3.23. The molecule has 3 rings (SSSR count). The molecule has 0 bridgehead atoms. The Morgan fingerprint density at radius 1 is 1.33 bits per heavy atom. The zero-order valence-electron chi connectivity index (χ0n) is 17.7. The van der Waals surface area contributed by atoms with Crippen LogP contribution in [0.3, 0.4) is 0 Å². The Balaban J connectivity index is 1.64. The molecule has 1 aliphatic heterocycles. The summed E-state index contributed by atoms with van der Waals surface area (Å²) in [6.07, 6.45) is 1.40. The van der Waals surface area contributed by atoms with E-state index in [-0.39, 0.29) is 24.1 Å². The molecule has 4 N–H and O–H groups in total. The third-order valence-electron chi connectivity index (χ3n) is 5.20. The fourth-order valence-corrected chi connectivity index (χ4v) is 4.04. The second kappa shape index (κ2) is 8.57. The van der Waals surface area contributed by atoms with E-state index in [1.807, 2.05) is 57.5 Å². The van der Waals surface area contributed by atoms with Crippen molar-refractivity contribution in [3.05, 3.63) is 52.9 Å². The van der Waals surface area contributed by atoms with Crippen molar-refractivity contribution in [2.45, 2.75) is 46.3 Å². The van der Waals surface area contributed by atoms with E-state index in [4.69, 9.17) is 5.73 Å². The summed E-state index contributed by atoms with van der Waals surface area (Å²) in [4.78, 5) is 32.2. The van der Waals surface area contributed by atoms with E-state index >= 15 is 0 Å². The maximum absolute atomic E-state index is 12.8. The molecular weight excluding hydrogens is 400 g/mol. The van der Waals surface area contributed by atoms with Crippen LogP contribution in [0.5, 0.6) is 0 Å². The number of aryl methyl sites for hydroxylation is 1. The summed E-state index contributed by atoms with van der Waals surface area (Å²) in [7, 11) is 0. The van der Waals surface area contributed by atoms with Crippen LogP contribution in [-0.4, -0.2) is 45.4 Å². The van der Waals surface area contributed by atoms with Gasteiger partial charge in [0.15, 0.2) is 0 Å². The molecular formula is C22H28N4O3S. The Labute approximate surface area is 180 Å². The first-order chi connectivity index (χ1) is 14.1. The molecule has 2 atom stereocenters. The molecule has 7 nitrogen and oxygen atoms in total. The average Bonchev–Trinajstić information content (AvgIpc) is 3.30. The second-order valence-electron chi connectivity index (χ2n) is 8.59. The van der Waals surface area contributed by atoms with Gasteiger partial charge >= 0.3 is 0 Å². The molecule has 160 valence electrons. The number of carbonyl (C=O) groups is 2. The highest BCUT2D eigenvalue weighted by Gasteiger charge is 2.39. The van der Waals surface area contributed by atoms with Crippen LogP contribution in [-0.2, 0) is 16.1 Å². The zero-order valence-corrected chi connectivity index (χ0v) is 18.5. The summed E-state index contributed by atoms with van der Waals surface area (Å²) in [5, 5.41) is 12.8. The number of aromatic nitrogens is 1. The predicted octanol–water partition coefficient (Wildman–Crippen LogP) is 2.76. The number of rotatable bonds is 5. The van der Waals surface area contributed by atoms with Crippen molar-refractivity contribution in [1.82, 2.24) is 15.2 Å². The van der Waals surface area contributed by atoms with Gasteiger partial charge in [-0.2, -0.15) is 0 Å². The summed E-state index contributed by atoms with van der Waals surface area (Å²) in [5.74, 6) is -0.711. The number of aliphatic hydroxyl groups excluding tert-OH is 1. The van der Waals surface area contributed by atoms with Crippen LogP contribution in [0.2, 0.25) is 0 Å². The second-order valence-corrected chi connectivity index (χ2v) is 9.45. The van der Waals surface area contributed by atoms with Gasteiger partial charge in [-0.05, 0) is 29.5 Å². The minimum atomic E-state index is -0.870. The summed E-state index contributed by atoms with van der Waals surface area (Å²) in [5.41, 5.74) is 10.5. The predicted molar refractivity (Wildman–Crippen MR) is 118 cm³/mol. The lowest BCUT2D eigenvalue weighted by Crippen LogP contribution is -2.55. The van der Waals surface area contributed by atoms with Crippen molar-refractivity contribution < 1.29 is 14.7 Å². The lowest BCUT2D eigenvalue weighted by Gasteiger charge is -2.32. The van der Waals surface area contributed by atoms with Crippen molar-refractivity contribution in [2.75, 3.05) is 6.54 Å². The maximum Gasteiger partial charge on any atom is 0.247 e. The number of nitrogens with one attached hydrogen (secondary N) is 1. The van der Waals surface area contributed by atoms with Crippen LogP contribution < -0.4 is 11.1 Å². The molecule has 0 unspecified atom stereocenters. The Hall–Kier alpha value is -2.71. The van der Waals surface area contributed by atoms with Crippen molar-refractivity contribution in [3.63, 3.8) is 0 Å². The maximum atomic E-state index is 12.8. The SMILES string of the molecule is Cc1ncsc1-c1ccc(CNC(=O)[C@@H]2C=C(O)CN2C(=O)[C@@H](N)C(C)(C)C)cc1. The fraction of sp³-hybridized carbons (Fsp3) is 0.409. The number of benzene rings is 1. The Kier molecular flexibility index (Phi) is 6.28. The first-order valence-corrected chi connectivity index (χ1v) is 10.7. The van der Waals surface area contributed by atoms with Gasteiger partial charge in [0.2, 0.25) is 11.8 Å². The van der Waals surface area contributed by atoms with Crippen molar-refractivity contribution in [1.29, 1.82) is 0 Å². The van der Waals surface area contributed by atoms with Crippen molar-refractivity contribution in [2.24, 2.45) is 11.1 Å². The molecule has 0 fully saturated rings. The van der Waals surface area contributed by atoms with Gasteiger partial charge in [-0.3, -0.25) is 9.59 Å². The number of aliphatic hydroxyl groups is 1. The van der Waals surface area contributed by atoms with Crippen LogP contribution in [0.25, 0.3) is 10.4 Å². The van der Waals surface area contributed by atoms with Gasteiger partial charge in [-0.25, -0.2) is 4.98 Å². The molecule has 0 spiro atoms. The normalized spacial score (nSPS) is 17.6. The van der Waals surface area contributed by atoms with Gasteiger partial charge < -0.3 is 21.1 Å². The molecule has 1 aromatic carbocycles. The highest BCUT2D eigenvalue weighted by atomic mass is 32.1. The van der Waals surface area contributed by atoms with Gasteiger partial charge in [0.05, 0.1) is 28.7 Å². The van der Waals surface area contributed by atoms with Gasteiger partial charge in [0.1, 0.15) is 11.8 Å². The van der Waals surface area contributed by atoms with Crippen molar-refractivity contribution in [3.8, 4) is 10.4 Å². The first-order valence-electron chi connectivity index (χ1n) is 9.80. The van der Waals surface area contributed by atoms with E-state index in [1.54, 1.807) is 11.3 Å². The summed E-state index contributed by atoms with van der Waals surface area (Å²) in [6.45, 7) is 7.88. The number of hydrogen-bond donors (Lipinski definition) is 3. The Bertz CT molecular complexity index is 960. The van der Waals surface area contributed by atoms with Gasteiger partial charge in [0, 0.05) is 6.54 Å². The largest absolute Gasteiger partial charge is 0.511 e. The van der Waals surface area contributed by atoms with E-state index in [0.717, 1.165) is 21.7 Å². The smallest absolute Gasteiger partial charge is 0.247 e. The number of thiazole rings is 1. The summed E-state index contributed by atoms with van der Waals surface area (Å²) in [6, 6.07) is 6.27. The topological polar surface area (TPSA) is 109 Å². The molecule has 2 amide bonds. The Morgan fingerprint density at radius 3 is 2.57 bits per heavy atom. The van der Waals surface area contributed by atoms with Crippen LogP contribution in [0.15, 0.2) is 41.6 Å². The molecule has 2 heterocycles. The molecule has 1 aliphatic rings. The quantitative estimate of drug-likeness (QED) is 0.679. The average molecular weight is 429 g/mol. The molecule has 0 radical (unpaired) electrons. The summed E-state index contributed by atoms with van der Waals surface area (Å²) < 4.78 is 0. The molecule has 2 aromatic rings. The number of nitrogens with zero attached hydrogens (tertiary/aromatic N) is 2. The molecule has 0 saturated heterocycles. The van der Waals surface area contributed by atoms with E-state index in [2.05, 4.69) is 10.3 Å². The van der Waals surface area contributed by atoms with E-state index in [1.165, 1.54) is 11.0 Å². The molecule has 0 aliphatic carbocycles. The Morgan fingerprint density at radius 2 is 2.00 bits per heavy atom. The van der Waals surface area contributed by atoms with Crippen LogP contribution in [0.1, 0.15) is 32.0 Å². The molecule has 8 heteroatoms. The number of hydrogen-bond acceptors (Lipinski definition) is 6. The van der Waals surface area contributed by atoms with Crippen LogP contribution >= 0.6 is 11.3 Å². The van der Waals surface area contributed by atoms with Gasteiger partial charge in [-0.1, -0.05) is 45.0 Å². The van der Waals surface area contributed by atoms with Gasteiger partial charge in [0.25, 0.3) is 0 Å². The standard InChI is InChI=1S/C22H28N4O3S/c1-13-18(30-12-25-13)15-7-5-14(6-8-15)10-24-20(28)17-9-16(27)11-26(17)21(29)19(23)22(2,3)4/h5-9,12,17,19,27H,10-11,23H2,1-4H3,(H,24,28)/t17-,19+/m0/s1. The van der Waals surface area contributed by atoms with Crippen molar-refractivity contribution >= 4 is 23.2 Å². The van der Waals surface area contributed by atoms with Gasteiger partial charge in [-0.15, -0.1) is 11.3 Å². The van der Waals surface area contributed by atoms with E-state index in [9.17, 15) is 14.7 Å². The molecule has 1 aromatic heterocycles. The third kappa shape index (κ3) is 4.71. The minimum Gasteiger partial charge on any atom is -0.511 e. The number of carbonyl (C=O) groups excluding carboxylic acids is 2. The number of amides is 2.